The molecule has 0 saturated carbocycles. The molecule has 2 aromatic heterocycles. The van der Waals surface area contributed by atoms with E-state index in [2.05, 4.69) is 26.3 Å². The fraction of sp³-hybridized carbons (Fsp3) is 0.292. The largest absolute Gasteiger partial charge is 0.417 e. The van der Waals surface area contributed by atoms with Crippen LogP contribution in [0.1, 0.15) is 40.7 Å². The van der Waals surface area contributed by atoms with E-state index in [1.54, 1.807) is 41.6 Å². The number of nitriles is 1. The lowest BCUT2D eigenvalue weighted by molar-refractivity contribution is -0.137. The average Bonchev–Trinajstić information content (AvgIpc) is 2.87. The second-order valence-electron chi connectivity index (χ2n) is 7.90. The third-order valence-electron chi connectivity index (χ3n) is 5.68. The lowest BCUT2D eigenvalue weighted by Crippen LogP contribution is -2.47. The molecule has 0 bridgehead atoms. The summed E-state index contributed by atoms with van der Waals surface area (Å²) in [4.78, 5) is 27.7. The zero-order valence-electron chi connectivity index (χ0n) is 18.1. The molecule has 1 N–H and O–H groups in total. The van der Waals surface area contributed by atoms with Crippen LogP contribution in [0.2, 0.25) is 0 Å². The fourth-order valence-corrected chi connectivity index (χ4v) is 3.95. The van der Waals surface area contributed by atoms with Crippen LogP contribution >= 0.6 is 0 Å². The number of benzene rings is 1. The normalized spacial score (nSPS) is 16.1. The van der Waals surface area contributed by atoms with Crippen molar-refractivity contribution in [3.63, 3.8) is 0 Å². The number of alkyl halides is 3. The summed E-state index contributed by atoms with van der Waals surface area (Å²) in [6.07, 6.45) is 1.98. The summed E-state index contributed by atoms with van der Waals surface area (Å²) in [5.74, 6) is 0.443. The number of hydrogen-bond acceptors (Lipinski definition) is 6. The third-order valence-corrected chi connectivity index (χ3v) is 5.68. The van der Waals surface area contributed by atoms with E-state index in [9.17, 15) is 23.2 Å². The Kier molecular flexibility index (Phi) is 6.72. The number of carbonyl (C=O) groups is 1. The molecule has 1 amide bonds. The molecule has 34 heavy (non-hydrogen) atoms. The van der Waals surface area contributed by atoms with E-state index in [0.717, 1.165) is 31.5 Å². The highest BCUT2D eigenvalue weighted by molar-refractivity contribution is 6.00. The Balaban J connectivity index is 1.56. The topological polar surface area (TPSA) is 94.8 Å². The Hall–Kier alpha value is -4.00. The molecule has 10 heteroatoms. The van der Waals surface area contributed by atoms with Crippen molar-refractivity contribution in [1.82, 2.24) is 19.9 Å². The molecular weight excluding hydrogens is 445 g/mol. The van der Waals surface area contributed by atoms with Crippen molar-refractivity contribution in [2.75, 3.05) is 18.4 Å². The summed E-state index contributed by atoms with van der Waals surface area (Å²) in [5.41, 5.74) is 0.403. The Morgan fingerprint density at radius 1 is 1.15 bits per heavy atom. The van der Waals surface area contributed by atoms with E-state index in [0.29, 0.717) is 41.4 Å². The molecule has 0 spiro atoms. The Morgan fingerprint density at radius 3 is 2.62 bits per heavy atom. The van der Waals surface area contributed by atoms with Gasteiger partial charge in [0.15, 0.2) is 5.82 Å². The van der Waals surface area contributed by atoms with Gasteiger partial charge in [0.25, 0.3) is 5.91 Å². The summed E-state index contributed by atoms with van der Waals surface area (Å²) >= 11 is 0. The summed E-state index contributed by atoms with van der Waals surface area (Å²) < 4.78 is 38.3. The van der Waals surface area contributed by atoms with Crippen LogP contribution in [0.5, 0.6) is 0 Å². The van der Waals surface area contributed by atoms with Crippen LogP contribution in [-0.2, 0) is 6.18 Å². The standard InChI is InChI=1S/C24H21F3N6O/c25-24(26,27)17-6-8-21(31-14-17)32-15-18-4-1-2-11-33(18)23(34)20-12-16(13-28)5-7-19(20)22-29-9-3-10-30-22/h3,5-10,12,14,18H,1-2,4,11,15H2,(H,31,32)/t18-/m0/s1. The van der Waals surface area contributed by atoms with Gasteiger partial charge in [-0.25, -0.2) is 15.0 Å². The van der Waals surface area contributed by atoms with Crippen molar-refractivity contribution >= 4 is 11.7 Å². The van der Waals surface area contributed by atoms with E-state index in [1.807, 2.05) is 0 Å². The first kappa shape index (κ1) is 23.2. The number of aromatic nitrogens is 3. The molecule has 3 heterocycles. The molecule has 1 fully saturated rings. The van der Waals surface area contributed by atoms with E-state index in [-0.39, 0.29) is 11.9 Å². The van der Waals surface area contributed by atoms with Gasteiger partial charge in [-0.15, -0.1) is 0 Å². The lowest BCUT2D eigenvalue weighted by atomic mass is 9.97. The molecule has 1 saturated heterocycles. The predicted octanol–water partition coefficient (Wildman–Crippen LogP) is 4.54. The Bertz CT molecular complexity index is 1190. The number of likely N-dealkylation sites (tertiary alicyclic amines) is 1. The molecule has 3 aromatic rings. The van der Waals surface area contributed by atoms with Crippen molar-refractivity contribution in [2.45, 2.75) is 31.5 Å². The van der Waals surface area contributed by atoms with E-state index >= 15 is 0 Å². The minimum Gasteiger partial charge on any atom is -0.368 e. The highest BCUT2D eigenvalue weighted by Gasteiger charge is 2.31. The van der Waals surface area contributed by atoms with Gasteiger partial charge in [-0.3, -0.25) is 4.79 Å². The highest BCUT2D eigenvalue weighted by atomic mass is 19.4. The zero-order chi connectivity index (χ0) is 24.1. The van der Waals surface area contributed by atoms with Crippen LogP contribution in [0.3, 0.4) is 0 Å². The van der Waals surface area contributed by atoms with Crippen molar-refractivity contribution < 1.29 is 18.0 Å². The molecule has 7 nitrogen and oxygen atoms in total. The maximum Gasteiger partial charge on any atom is 0.417 e. The summed E-state index contributed by atoms with van der Waals surface area (Å²) in [6, 6.07) is 10.6. The summed E-state index contributed by atoms with van der Waals surface area (Å²) in [5, 5.41) is 12.4. The van der Waals surface area contributed by atoms with Gasteiger partial charge in [0.1, 0.15) is 5.82 Å². The SMILES string of the molecule is N#Cc1ccc(-c2ncccn2)c(C(=O)N2CCCC[C@H]2CNc2ccc(C(F)(F)F)cn2)c1. The average molecular weight is 466 g/mol. The number of carbonyl (C=O) groups excluding carboxylic acids is 1. The van der Waals surface area contributed by atoms with Crippen LogP contribution in [0, 0.1) is 11.3 Å². The number of nitrogens with zero attached hydrogens (tertiary/aromatic N) is 5. The first-order valence-electron chi connectivity index (χ1n) is 10.8. The fourth-order valence-electron chi connectivity index (χ4n) is 3.95. The molecule has 1 atom stereocenters. The second-order valence-corrected chi connectivity index (χ2v) is 7.90. The first-order chi connectivity index (χ1) is 16.4. The number of anilines is 1. The van der Waals surface area contributed by atoms with Crippen LogP contribution in [0.4, 0.5) is 19.0 Å². The monoisotopic (exact) mass is 466 g/mol. The molecule has 1 aliphatic heterocycles. The van der Waals surface area contributed by atoms with Crippen LogP contribution in [0.25, 0.3) is 11.4 Å². The van der Waals surface area contributed by atoms with Gasteiger partial charge in [-0.2, -0.15) is 18.4 Å². The van der Waals surface area contributed by atoms with Crippen LogP contribution in [-0.4, -0.2) is 44.9 Å². The first-order valence-corrected chi connectivity index (χ1v) is 10.8. The lowest BCUT2D eigenvalue weighted by Gasteiger charge is -2.36. The Morgan fingerprint density at radius 2 is 1.94 bits per heavy atom. The van der Waals surface area contributed by atoms with Crippen molar-refractivity contribution in [3.8, 4) is 17.5 Å². The molecule has 1 aliphatic rings. The Labute approximate surface area is 194 Å². The second kappa shape index (κ2) is 9.87. The van der Waals surface area contributed by atoms with Crippen molar-refractivity contribution in [1.29, 1.82) is 5.26 Å². The number of halogens is 3. The quantitative estimate of drug-likeness (QED) is 0.594. The number of pyridine rings is 1. The third kappa shape index (κ3) is 5.14. The number of amides is 1. The van der Waals surface area contributed by atoms with E-state index < -0.39 is 11.7 Å². The van der Waals surface area contributed by atoms with Gasteiger partial charge in [-0.1, -0.05) is 0 Å². The van der Waals surface area contributed by atoms with Crippen molar-refractivity contribution in [2.24, 2.45) is 0 Å². The molecule has 0 aliphatic carbocycles. The minimum atomic E-state index is -4.45. The number of hydrogen-bond donors (Lipinski definition) is 1. The van der Waals surface area contributed by atoms with Gasteiger partial charge < -0.3 is 10.2 Å². The molecule has 174 valence electrons. The number of piperidine rings is 1. The van der Waals surface area contributed by atoms with Gasteiger partial charge in [-0.05, 0) is 55.7 Å². The minimum absolute atomic E-state index is 0.194. The number of nitrogens with one attached hydrogen (secondary N) is 1. The highest BCUT2D eigenvalue weighted by Crippen LogP contribution is 2.29. The summed E-state index contributed by atoms with van der Waals surface area (Å²) in [6.45, 7) is 0.858. The maximum absolute atomic E-state index is 13.6. The molecule has 0 unspecified atom stereocenters. The smallest absolute Gasteiger partial charge is 0.368 e. The van der Waals surface area contributed by atoms with Gasteiger partial charge in [0, 0.05) is 43.3 Å². The van der Waals surface area contributed by atoms with Gasteiger partial charge in [0.2, 0.25) is 0 Å². The molecule has 4 rings (SSSR count). The molecule has 0 radical (unpaired) electrons. The van der Waals surface area contributed by atoms with Crippen LogP contribution in [0.15, 0.2) is 55.0 Å². The van der Waals surface area contributed by atoms with Crippen LogP contribution < -0.4 is 5.32 Å². The summed E-state index contributed by atoms with van der Waals surface area (Å²) in [7, 11) is 0. The van der Waals surface area contributed by atoms with E-state index in [1.165, 1.54) is 6.07 Å². The zero-order valence-corrected chi connectivity index (χ0v) is 18.1. The van der Waals surface area contributed by atoms with E-state index in [4.69, 9.17) is 0 Å². The molecular formula is C24H21F3N6O. The predicted molar refractivity (Wildman–Crippen MR) is 119 cm³/mol. The van der Waals surface area contributed by atoms with Gasteiger partial charge >= 0.3 is 6.18 Å². The maximum atomic E-state index is 13.6. The molecule has 1 aromatic carbocycles. The van der Waals surface area contributed by atoms with Crippen molar-refractivity contribution in [3.05, 3.63) is 71.7 Å². The number of rotatable bonds is 5. The van der Waals surface area contributed by atoms with Gasteiger partial charge in [0.05, 0.1) is 22.8 Å².